The van der Waals surface area contributed by atoms with E-state index in [1.54, 1.807) is 4.90 Å². The van der Waals surface area contributed by atoms with Crippen LogP contribution in [0, 0.1) is 5.41 Å². The summed E-state index contributed by atoms with van der Waals surface area (Å²) in [6.07, 6.45) is 1.72. The highest BCUT2D eigenvalue weighted by Gasteiger charge is 2.43. The zero-order chi connectivity index (χ0) is 19.0. The maximum Gasteiger partial charge on any atom is 0.246 e. The van der Waals surface area contributed by atoms with Crippen molar-refractivity contribution in [3.8, 4) is 0 Å². The van der Waals surface area contributed by atoms with Crippen LogP contribution in [0.3, 0.4) is 0 Å². The Kier molecular flexibility index (Phi) is 5.80. The molecule has 2 heterocycles. The van der Waals surface area contributed by atoms with Crippen LogP contribution in [0.4, 0.5) is 0 Å². The van der Waals surface area contributed by atoms with E-state index in [-0.39, 0.29) is 29.3 Å². The van der Waals surface area contributed by atoms with Crippen molar-refractivity contribution in [3.63, 3.8) is 0 Å². The predicted octanol–water partition coefficient (Wildman–Crippen LogP) is -0.628. The minimum Gasteiger partial charge on any atom is -0.343 e. The van der Waals surface area contributed by atoms with Crippen molar-refractivity contribution in [2.45, 2.75) is 52.2 Å². The fraction of sp³-hybridized carbons (Fsp3) is 0.875. The van der Waals surface area contributed by atoms with Gasteiger partial charge in [-0.3, -0.25) is 14.5 Å². The molecular weight excluding hydrogens is 344 g/mol. The summed E-state index contributed by atoms with van der Waals surface area (Å²) in [6, 6.07) is -0.925. The Bertz CT molecular complexity index is 629. The molecule has 0 unspecified atom stereocenters. The maximum atomic E-state index is 12.9. The van der Waals surface area contributed by atoms with Crippen LogP contribution in [0.1, 0.15) is 34.1 Å². The van der Waals surface area contributed by atoms with Crippen LogP contribution in [-0.4, -0.2) is 80.6 Å². The lowest BCUT2D eigenvalue weighted by Crippen LogP contribution is -2.51. The van der Waals surface area contributed by atoms with Crippen LogP contribution in [0.25, 0.3) is 0 Å². The molecule has 144 valence electrons. The molecule has 2 rings (SSSR count). The van der Waals surface area contributed by atoms with Gasteiger partial charge < -0.3 is 10.2 Å². The van der Waals surface area contributed by atoms with Crippen LogP contribution in [0.5, 0.6) is 0 Å². The van der Waals surface area contributed by atoms with Crippen molar-refractivity contribution >= 4 is 21.8 Å². The first-order valence-electron chi connectivity index (χ1n) is 8.61. The van der Waals surface area contributed by atoms with Crippen molar-refractivity contribution in [1.29, 1.82) is 0 Å². The second-order valence-corrected chi connectivity index (χ2v) is 10.3. The third kappa shape index (κ3) is 5.93. The number of nitrogens with one attached hydrogen (secondary N) is 2. The summed E-state index contributed by atoms with van der Waals surface area (Å²) in [5, 5.41) is 2.75. The fourth-order valence-electron chi connectivity index (χ4n) is 3.81. The van der Waals surface area contributed by atoms with Gasteiger partial charge in [0.05, 0.1) is 6.26 Å². The van der Waals surface area contributed by atoms with Crippen molar-refractivity contribution in [2.24, 2.45) is 5.41 Å². The summed E-state index contributed by atoms with van der Waals surface area (Å²) in [6.45, 7) is 10.1. The van der Waals surface area contributed by atoms with E-state index in [4.69, 9.17) is 0 Å². The highest BCUT2D eigenvalue weighted by Crippen LogP contribution is 2.25. The molecule has 0 aliphatic carbocycles. The van der Waals surface area contributed by atoms with Gasteiger partial charge in [-0.05, 0) is 11.8 Å². The molecule has 0 radical (unpaired) electrons. The molecule has 2 N–H and O–H groups in total. The van der Waals surface area contributed by atoms with Gasteiger partial charge >= 0.3 is 0 Å². The SMILES string of the molecule is CC(=O)N[C@H]1CN(CC(C)(C)C)C[C@@H]2C[C@H](NS(C)(=O)=O)CN2C1=O. The third-order valence-electron chi connectivity index (χ3n) is 4.36. The lowest BCUT2D eigenvalue weighted by molar-refractivity contribution is -0.135. The fourth-order valence-corrected chi connectivity index (χ4v) is 4.59. The van der Waals surface area contributed by atoms with E-state index in [1.807, 2.05) is 0 Å². The normalized spacial score (nSPS) is 28.6. The molecule has 0 saturated carbocycles. The van der Waals surface area contributed by atoms with E-state index >= 15 is 0 Å². The Morgan fingerprint density at radius 3 is 2.40 bits per heavy atom. The summed E-state index contributed by atoms with van der Waals surface area (Å²) in [5.41, 5.74) is 0.0575. The van der Waals surface area contributed by atoms with Gasteiger partial charge in [-0.25, -0.2) is 13.1 Å². The van der Waals surface area contributed by atoms with Crippen molar-refractivity contribution in [2.75, 3.05) is 32.4 Å². The van der Waals surface area contributed by atoms with Gasteiger partial charge in [0.2, 0.25) is 21.8 Å². The van der Waals surface area contributed by atoms with Gasteiger partial charge in [0.25, 0.3) is 0 Å². The molecule has 0 spiro atoms. The van der Waals surface area contributed by atoms with Gasteiger partial charge in [-0.15, -0.1) is 0 Å². The molecule has 8 nitrogen and oxygen atoms in total. The number of hydrogen-bond acceptors (Lipinski definition) is 5. The average Bonchev–Trinajstić information content (AvgIpc) is 2.70. The maximum absolute atomic E-state index is 12.9. The zero-order valence-electron chi connectivity index (χ0n) is 15.7. The monoisotopic (exact) mass is 374 g/mol. The van der Waals surface area contributed by atoms with Crippen LogP contribution in [0.15, 0.2) is 0 Å². The molecular formula is C16H30N4O4S. The predicted molar refractivity (Wildman–Crippen MR) is 95.4 cm³/mol. The molecule has 0 aromatic carbocycles. The molecule has 0 aromatic rings. The molecule has 9 heteroatoms. The van der Waals surface area contributed by atoms with E-state index in [9.17, 15) is 18.0 Å². The second kappa shape index (κ2) is 7.20. The summed E-state index contributed by atoms with van der Waals surface area (Å²) >= 11 is 0. The van der Waals surface area contributed by atoms with Crippen molar-refractivity contribution in [1.82, 2.24) is 19.8 Å². The van der Waals surface area contributed by atoms with Crippen molar-refractivity contribution < 1.29 is 18.0 Å². The molecule has 2 aliphatic heterocycles. The van der Waals surface area contributed by atoms with Gasteiger partial charge in [0, 0.05) is 45.2 Å². The first-order valence-corrected chi connectivity index (χ1v) is 10.5. The van der Waals surface area contributed by atoms with Gasteiger partial charge in [0.1, 0.15) is 6.04 Å². The van der Waals surface area contributed by atoms with Gasteiger partial charge in [-0.1, -0.05) is 20.8 Å². The second-order valence-electron chi connectivity index (χ2n) is 8.47. The van der Waals surface area contributed by atoms with E-state index < -0.39 is 16.1 Å². The summed E-state index contributed by atoms with van der Waals surface area (Å²) in [7, 11) is -3.32. The number of amides is 2. The molecule has 2 saturated heterocycles. The van der Waals surface area contributed by atoms with Crippen LogP contribution >= 0.6 is 0 Å². The Labute approximate surface area is 150 Å². The first-order chi connectivity index (χ1) is 11.3. The van der Waals surface area contributed by atoms with E-state index in [2.05, 4.69) is 35.7 Å². The lowest BCUT2D eigenvalue weighted by atomic mass is 9.95. The number of sulfonamides is 1. The highest BCUT2D eigenvalue weighted by molar-refractivity contribution is 7.88. The number of carbonyl (C=O) groups is 2. The van der Waals surface area contributed by atoms with Crippen molar-refractivity contribution in [3.05, 3.63) is 0 Å². The number of fused-ring (bicyclic) bond motifs is 1. The summed E-state index contributed by atoms with van der Waals surface area (Å²) in [4.78, 5) is 28.3. The van der Waals surface area contributed by atoms with Gasteiger partial charge in [-0.2, -0.15) is 0 Å². The average molecular weight is 375 g/mol. The van der Waals surface area contributed by atoms with Gasteiger partial charge in [0.15, 0.2) is 0 Å². The minimum absolute atomic E-state index is 0.0483. The molecule has 0 bridgehead atoms. The number of carbonyl (C=O) groups excluding carboxylic acids is 2. The molecule has 3 atom stereocenters. The number of rotatable bonds is 4. The Hall–Kier alpha value is -1.19. The zero-order valence-corrected chi connectivity index (χ0v) is 16.5. The highest BCUT2D eigenvalue weighted by atomic mass is 32.2. The smallest absolute Gasteiger partial charge is 0.246 e. The van der Waals surface area contributed by atoms with E-state index in [1.165, 1.54) is 6.92 Å². The Morgan fingerprint density at radius 1 is 1.24 bits per heavy atom. The quantitative estimate of drug-likeness (QED) is 0.683. The molecule has 2 amide bonds. The van der Waals surface area contributed by atoms with Crippen LogP contribution < -0.4 is 10.0 Å². The van der Waals surface area contributed by atoms with Crippen LogP contribution in [0.2, 0.25) is 0 Å². The van der Waals surface area contributed by atoms with E-state index in [0.717, 1.165) is 12.8 Å². The number of nitrogens with zero attached hydrogens (tertiary/aromatic N) is 2. The first kappa shape index (κ1) is 20.1. The van der Waals surface area contributed by atoms with Crippen LogP contribution in [-0.2, 0) is 19.6 Å². The Morgan fingerprint density at radius 2 is 1.88 bits per heavy atom. The molecule has 0 aromatic heterocycles. The molecule has 2 aliphatic rings. The summed E-state index contributed by atoms with van der Waals surface area (Å²) in [5.74, 6) is -0.369. The third-order valence-corrected chi connectivity index (χ3v) is 5.12. The molecule has 25 heavy (non-hydrogen) atoms. The number of hydrogen-bond donors (Lipinski definition) is 2. The standard InChI is InChI=1S/C16H30N4O4S/c1-11(21)17-14-9-19(10-16(2,3)4)8-13-6-12(18-25(5,23)24)7-20(13)15(14)22/h12-14,18H,6-10H2,1-5H3,(H,17,21)/t12-,13-,14-/m0/s1. The topological polar surface area (TPSA) is 98.8 Å². The van der Waals surface area contributed by atoms with E-state index in [0.29, 0.717) is 26.1 Å². The Balaban J connectivity index is 2.20. The largest absolute Gasteiger partial charge is 0.343 e. The summed E-state index contributed by atoms with van der Waals surface area (Å²) < 4.78 is 25.7. The molecule has 2 fully saturated rings. The lowest BCUT2D eigenvalue weighted by Gasteiger charge is -2.31. The minimum atomic E-state index is -3.32.